The van der Waals surface area contributed by atoms with Crippen molar-refractivity contribution < 1.29 is 9.53 Å². The molecule has 1 amide bonds. The highest BCUT2D eigenvalue weighted by Crippen LogP contribution is 2.25. The van der Waals surface area contributed by atoms with Crippen molar-refractivity contribution in [2.45, 2.75) is 10.9 Å². The molecule has 0 bridgehead atoms. The van der Waals surface area contributed by atoms with Crippen molar-refractivity contribution in [1.82, 2.24) is 25.0 Å². The predicted octanol–water partition coefficient (Wildman–Crippen LogP) is 3.68. The third-order valence-electron chi connectivity index (χ3n) is 4.82. The number of hydrogen-bond acceptors (Lipinski definition) is 8. The van der Waals surface area contributed by atoms with Gasteiger partial charge in [0.15, 0.2) is 10.9 Å². The molecular formula is C23H23N7O2S. The van der Waals surface area contributed by atoms with Gasteiger partial charge in [-0.1, -0.05) is 17.0 Å². The number of aromatic nitrogens is 5. The molecule has 0 saturated heterocycles. The third-order valence-corrected chi connectivity index (χ3v) is 5.70. The van der Waals surface area contributed by atoms with Gasteiger partial charge < -0.3 is 15.0 Å². The lowest BCUT2D eigenvalue weighted by Crippen LogP contribution is -2.15. The molecule has 0 saturated carbocycles. The maximum absolute atomic E-state index is 13.1. The van der Waals surface area contributed by atoms with Crippen LogP contribution in [0.2, 0.25) is 0 Å². The summed E-state index contributed by atoms with van der Waals surface area (Å²) in [6.45, 7) is 0. The van der Waals surface area contributed by atoms with Crippen molar-refractivity contribution in [1.29, 1.82) is 0 Å². The zero-order chi connectivity index (χ0) is 23.2. The highest BCUT2D eigenvalue weighted by molar-refractivity contribution is 7.98. The van der Waals surface area contributed by atoms with Gasteiger partial charge in [0.05, 0.1) is 18.5 Å². The quantitative estimate of drug-likeness (QED) is 0.313. The molecule has 2 aromatic carbocycles. The second-order valence-corrected chi connectivity index (χ2v) is 8.15. The van der Waals surface area contributed by atoms with Gasteiger partial charge in [-0.2, -0.15) is 0 Å². The Morgan fingerprint density at radius 3 is 2.39 bits per heavy atom. The topological polar surface area (TPSA) is 98.1 Å². The number of rotatable bonds is 8. The monoisotopic (exact) mass is 461 g/mol. The molecule has 0 fully saturated rings. The first-order valence-electron chi connectivity index (χ1n) is 10.1. The number of carbonyl (C=O) groups is 1. The van der Waals surface area contributed by atoms with E-state index in [9.17, 15) is 4.79 Å². The van der Waals surface area contributed by atoms with Crippen LogP contribution in [0, 0.1) is 0 Å². The fourth-order valence-corrected chi connectivity index (χ4v) is 3.86. The molecular weight excluding hydrogens is 438 g/mol. The predicted molar refractivity (Wildman–Crippen MR) is 128 cm³/mol. The van der Waals surface area contributed by atoms with Gasteiger partial charge >= 0.3 is 0 Å². The molecule has 33 heavy (non-hydrogen) atoms. The number of ether oxygens (including phenoxy) is 1. The Balaban J connectivity index is 1.62. The Hall–Kier alpha value is -3.92. The first-order chi connectivity index (χ1) is 16.0. The number of hydrogen-bond donors (Lipinski definition) is 1. The van der Waals surface area contributed by atoms with Gasteiger partial charge in [0.1, 0.15) is 5.75 Å². The number of amides is 1. The maximum Gasteiger partial charge on any atom is 0.278 e. The molecule has 0 aliphatic rings. The van der Waals surface area contributed by atoms with Crippen molar-refractivity contribution in [2.24, 2.45) is 0 Å². The summed E-state index contributed by atoms with van der Waals surface area (Å²) in [6, 6.07) is 16.7. The van der Waals surface area contributed by atoms with Crippen molar-refractivity contribution >= 4 is 29.0 Å². The molecule has 0 atom stereocenters. The number of methoxy groups -OCH3 is 1. The minimum absolute atomic E-state index is 0.242. The van der Waals surface area contributed by atoms with Crippen LogP contribution in [0.1, 0.15) is 16.2 Å². The molecule has 0 aliphatic heterocycles. The van der Waals surface area contributed by atoms with Crippen LogP contribution in [-0.2, 0) is 5.75 Å². The molecule has 9 nitrogen and oxygen atoms in total. The van der Waals surface area contributed by atoms with Gasteiger partial charge in [0.2, 0.25) is 0 Å². The summed E-state index contributed by atoms with van der Waals surface area (Å²) >= 11 is 1.40. The summed E-state index contributed by atoms with van der Waals surface area (Å²) in [6.07, 6.45) is 3.36. The number of benzene rings is 2. The summed E-state index contributed by atoms with van der Waals surface area (Å²) in [5.41, 5.74) is 3.36. The minimum atomic E-state index is -0.336. The molecule has 2 aromatic heterocycles. The van der Waals surface area contributed by atoms with Crippen LogP contribution in [0.3, 0.4) is 0 Å². The van der Waals surface area contributed by atoms with E-state index in [2.05, 4.69) is 25.6 Å². The van der Waals surface area contributed by atoms with Gasteiger partial charge in [-0.15, -0.1) is 5.10 Å². The molecule has 4 rings (SSSR count). The average molecular weight is 462 g/mol. The Labute approximate surface area is 195 Å². The first-order valence-corrected chi connectivity index (χ1v) is 11.1. The molecule has 0 aliphatic carbocycles. The van der Waals surface area contributed by atoms with Crippen LogP contribution in [0.25, 0.3) is 5.69 Å². The van der Waals surface area contributed by atoms with Crippen molar-refractivity contribution in [2.75, 3.05) is 31.4 Å². The zero-order valence-electron chi connectivity index (χ0n) is 18.5. The summed E-state index contributed by atoms with van der Waals surface area (Å²) in [5, 5.41) is 12.0. The van der Waals surface area contributed by atoms with Gasteiger partial charge in [-0.25, -0.2) is 14.6 Å². The summed E-state index contributed by atoms with van der Waals surface area (Å²) in [7, 11) is 5.54. The van der Waals surface area contributed by atoms with E-state index in [1.807, 2.05) is 67.5 Å². The Kier molecular flexibility index (Phi) is 6.84. The fourth-order valence-electron chi connectivity index (χ4n) is 3.06. The average Bonchev–Trinajstić information content (AvgIpc) is 3.28. The van der Waals surface area contributed by atoms with E-state index in [0.717, 1.165) is 17.1 Å². The summed E-state index contributed by atoms with van der Waals surface area (Å²) in [4.78, 5) is 23.6. The van der Waals surface area contributed by atoms with Crippen LogP contribution in [0.15, 0.2) is 72.1 Å². The van der Waals surface area contributed by atoms with E-state index in [4.69, 9.17) is 4.74 Å². The number of nitrogens with zero attached hydrogens (tertiary/aromatic N) is 6. The molecule has 1 N–H and O–H groups in total. The van der Waals surface area contributed by atoms with Gasteiger partial charge in [-0.3, -0.25) is 4.79 Å². The van der Waals surface area contributed by atoms with Crippen LogP contribution in [0.4, 0.5) is 11.4 Å². The highest BCUT2D eigenvalue weighted by atomic mass is 32.2. The molecule has 0 spiro atoms. The lowest BCUT2D eigenvalue weighted by atomic mass is 10.2. The lowest BCUT2D eigenvalue weighted by Gasteiger charge is -2.13. The Morgan fingerprint density at radius 2 is 1.76 bits per heavy atom. The van der Waals surface area contributed by atoms with Gasteiger partial charge in [-0.05, 0) is 54.6 Å². The molecule has 168 valence electrons. The molecule has 0 radical (unpaired) electrons. The lowest BCUT2D eigenvalue weighted by molar-refractivity contribution is 0.102. The normalized spacial score (nSPS) is 10.6. The standard InChI is InChI=1S/C23H23N7O2S/c1-29(2)17-7-5-16(6-8-17)26-22(31)21-20(15-33-23-24-13-4-14-25-23)30(28-27-21)18-9-11-19(32-3)12-10-18/h4-14H,15H2,1-3H3,(H,26,31). The van der Waals surface area contributed by atoms with Crippen molar-refractivity contribution in [3.05, 3.63) is 78.4 Å². The van der Waals surface area contributed by atoms with Crippen molar-refractivity contribution in [3.8, 4) is 11.4 Å². The summed E-state index contributed by atoms with van der Waals surface area (Å²) in [5.74, 6) is 0.800. The van der Waals surface area contributed by atoms with E-state index >= 15 is 0 Å². The highest BCUT2D eigenvalue weighted by Gasteiger charge is 2.21. The number of anilines is 2. The SMILES string of the molecule is COc1ccc(-n2nnc(C(=O)Nc3ccc(N(C)C)cc3)c2CSc2ncccn2)cc1. The molecule has 4 aromatic rings. The first kappa shape index (κ1) is 22.3. The minimum Gasteiger partial charge on any atom is -0.497 e. The van der Waals surface area contributed by atoms with Crippen LogP contribution < -0.4 is 15.0 Å². The van der Waals surface area contributed by atoms with Gasteiger partial charge in [0.25, 0.3) is 5.91 Å². The Bertz CT molecular complexity index is 1210. The maximum atomic E-state index is 13.1. The molecule has 10 heteroatoms. The van der Waals surface area contributed by atoms with E-state index in [1.54, 1.807) is 30.3 Å². The van der Waals surface area contributed by atoms with E-state index < -0.39 is 0 Å². The fraction of sp³-hybridized carbons (Fsp3) is 0.174. The third kappa shape index (κ3) is 5.29. The second-order valence-electron chi connectivity index (χ2n) is 7.21. The second kappa shape index (κ2) is 10.1. The summed E-state index contributed by atoms with van der Waals surface area (Å²) < 4.78 is 6.89. The van der Waals surface area contributed by atoms with Crippen molar-refractivity contribution in [3.63, 3.8) is 0 Å². The number of thioether (sulfide) groups is 1. The van der Waals surface area contributed by atoms with E-state index in [1.165, 1.54) is 11.8 Å². The van der Waals surface area contributed by atoms with Crippen LogP contribution in [-0.4, -0.2) is 52.1 Å². The number of carbonyl (C=O) groups excluding carboxylic acids is 1. The Morgan fingerprint density at radius 1 is 1.06 bits per heavy atom. The smallest absolute Gasteiger partial charge is 0.278 e. The number of nitrogens with one attached hydrogen (secondary N) is 1. The zero-order valence-corrected chi connectivity index (χ0v) is 19.3. The van der Waals surface area contributed by atoms with Crippen LogP contribution >= 0.6 is 11.8 Å². The van der Waals surface area contributed by atoms with Crippen LogP contribution in [0.5, 0.6) is 5.75 Å². The van der Waals surface area contributed by atoms with Gasteiger partial charge in [0, 0.05) is 43.6 Å². The van der Waals surface area contributed by atoms with E-state index in [-0.39, 0.29) is 11.6 Å². The molecule has 0 unspecified atom stereocenters. The molecule has 2 heterocycles. The van der Waals surface area contributed by atoms with E-state index in [0.29, 0.717) is 22.3 Å². The largest absolute Gasteiger partial charge is 0.497 e.